The Morgan fingerprint density at radius 1 is 1.47 bits per heavy atom. The number of thiophene rings is 1. The van der Waals surface area contributed by atoms with Crippen molar-refractivity contribution < 1.29 is 5.11 Å². The fraction of sp³-hybridized carbons (Fsp3) is 0.600. The molecule has 0 amide bonds. The molecule has 0 aliphatic heterocycles. The van der Waals surface area contributed by atoms with Crippen LogP contribution in [0.15, 0.2) is 14.3 Å². The summed E-state index contributed by atoms with van der Waals surface area (Å²) in [7, 11) is 0. The van der Waals surface area contributed by atoms with Gasteiger partial charge in [0.1, 0.15) is 0 Å². The highest BCUT2D eigenvalue weighted by atomic mass is 79.9. The van der Waals surface area contributed by atoms with E-state index in [0.29, 0.717) is 0 Å². The van der Waals surface area contributed by atoms with Gasteiger partial charge in [-0.3, -0.25) is 0 Å². The van der Waals surface area contributed by atoms with E-state index in [1.807, 2.05) is 13.8 Å². The van der Waals surface area contributed by atoms with Crippen molar-refractivity contribution in [1.29, 1.82) is 0 Å². The Morgan fingerprint density at radius 2 is 2.13 bits per heavy atom. The summed E-state index contributed by atoms with van der Waals surface area (Å²) in [6.45, 7) is 5.95. The highest BCUT2D eigenvalue weighted by Gasteiger charge is 2.15. The fourth-order valence-electron chi connectivity index (χ4n) is 1.06. The van der Waals surface area contributed by atoms with Crippen LogP contribution in [0.1, 0.15) is 18.7 Å². The van der Waals surface area contributed by atoms with Crippen molar-refractivity contribution in [2.24, 2.45) is 5.41 Å². The van der Waals surface area contributed by atoms with Crippen LogP contribution in [0.25, 0.3) is 0 Å². The van der Waals surface area contributed by atoms with E-state index in [1.165, 1.54) is 4.88 Å². The molecule has 0 fully saturated rings. The maximum absolute atomic E-state index is 9.09. The first kappa shape index (κ1) is 13.6. The zero-order chi connectivity index (χ0) is 11.5. The molecule has 0 aliphatic rings. The van der Waals surface area contributed by atoms with Crippen LogP contribution < -0.4 is 5.32 Å². The van der Waals surface area contributed by atoms with Crippen molar-refractivity contribution >= 4 is 43.2 Å². The molecule has 1 rings (SSSR count). The minimum atomic E-state index is -0.0499. The molecule has 1 heterocycles. The molecule has 2 nitrogen and oxygen atoms in total. The molecule has 86 valence electrons. The van der Waals surface area contributed by atoms with Crippen LogP contribution in [-0.4, -0.2) is 18.3 Å². The quantitative estimate of drug-likeness (QED) is 0.847. The lowest BCUT2D eigenvalue weighted by Crippen LogP contribution is -2.31. The van der Waals surface area contributed by atoms with E-state index in [-0.39, 0.29) is 12.0 Å². The summed E-state index contributed by atoms with van der Waals surface area (Å²) < 4.78 is 2.23. The number of aliphatic hydroxyl groups excluding tert-OH is 1. The minimum absolute atomic E-state index is 0.0499. The summed E-state index contributed by atoms with van der Waals surface area (Å²) in [6.07, 6.45) is 0. The first-order valence-corrected chi connectivity index (χ1v) is 7.10. The SMILES string of the molecule is CC(C)(CO)CNCc1cc(Br)c(Br)s1. The molecule has 0 saturated carbocycles. The van der Waals surface area contributed by atoms with Gasteiger partial charge in [0, 0.05) is 34.5 Å². The van der Waals surface area contributed by atoms with E-state index in [4.69, 9.17) is 5.11 Å². The first-order chi connectivity index (χ1) is 6.94. The second kappa shape index (κ2) is 5.77. The Bertz CT molecular complexity index is 306. The van der Waals surface area contributed by atoms with Crippen molar-refractivity contribution in [3.05, 3.63) is 19.2 Å². The molecule has 0 radical (unpaired) electrons. The average molecular weight is 357 g/mol. The Morgan fingerprint density at radius 3 is 2.60 bits per heavy atom. The zero-order valence-electron chi connectivity index (χ0n) is 8.81. The Kier molecular flexibility index (Phi) is 5.25. The van der Waals surface area contributed by atoms with Gasteiger partial charge in [0.25, 0.3) is 0 Å². The smallest absolute Gasteiger partial charge is 0.0843 e. The number of nitrogens with one attached hydrogen (secondary N) is 1. The Labute approximate surface area is 111 Å². The first-order valence-electron chi connectivity index (χ1n) is 4.70. The van der Waals surface area contributed by atoms with Gasteiger partial charge < -0.3 is 10.4 Å². The predicted molar refractivity (Wildman–Crippen MR) is 72.3 cm³/mol. The van der Waals surface area contributed by atoms with Crippen molar-refractivity contribution in [2.45, 2.75) is 20.4 Å². The number of hydrogen-bond donors (Lipinski definition) is 2. The number of hydrogen-bond acceptors (Lipinski definition) is 3. The molecule has 0 atom stereocenters. The third-order valence-electron chi connectivity index (χ3n) is 2.03. The van der Waals surface area contributed by atoms with Crippen LogP contribution in [0.5, 0.6) is 0 Å². The van der Waals surface area contributed by atoms with E-state index in [2.05, 4.69) is 43.2 Å². The van der Waals surface area contributed by atoms with E-state index in [9.17, 15) is 0 Å². The van der Waals surface area contributed by atoms with E-state index >= 15 is 0 Å². The van der Waals surface area contributed by atoms with Crippen LogP contribution >= 0.6 is 43.2 Å². The summed E-state index contributed by atoms with van der Waals surface area (Å²) in [6, 6.07) is 2.10. The molecule has 5 heteroatoms. The van der Waals surface area contributed by atoms with Crippen molar-refractivity contribution in [1.82, 2.24) is 5.32 Å². The maximum Gasteiger partial charge on any atom is 0.0843 e. The van der Waals surface area contributed by atoms with E-state index in [1.54, 1.807) is 11.3 Å². The van der Waals surface area contributed by atoms with Gasteiger partial charge >= 0.3 is 0 Å². The molecule has 2 N–H and O–H groups in total. The zero-order valence-corrected chi connectivity index (χ0v) is 12.8. The normalized spacial score (nSPS) is 12.1. The molecular weight excluding hydrogens is 342 g/mol. The summed E-state index contributed by atoms with van der Waals surface area (Å²) in [4.78, 5) is 1.28. The second-order valence-corrected chi connectivity index (χ2v) is 7.57. The van der Waals surface area contributed by atoms with E-state index < -0.39 is 0 Å². The summed E-state index contributed by atoms with van der Waals surface area (Å²) >= 11 is 8.64. The van der Waals surface area contributed by atoms with Gasteiger partial charge in [-0.15, -0.1) is 11.3 Å². The Hall–Kier alpha value is 0.580. The topological polar surface area (TPSA) is 32.3 Å². The van der Waals surface area contributed by atoms with Gasteiger partial charge in [-0.1, -0.05) is 13.8 Å². The molecule has 0 aromatic carbocycles. The fourth-order valence-corrected chi connectivity index (χ4v) is 3.20. The minimum Gasteiger partial charge on any atom is -0.396 e. The standard InChI is InChI=1S/C10H15Br2NOS/c1-10(2,6-14)5-13-4-7-3-8(11)9(12)15-7/h3,13-14H,4-6H2,1-2H3. The third-order valence-corrected chi connectivity index (χ3v) is 5.28. The molecule has 15 heavy (non-hydrogen) atoms. The lowest BCUT2D eigenvalue weighted by molar-refractivity contribution is 0.157. The molecule has 0 spiro atoms. The van der Waals surface area contributed by atoms with Crippen molar-refractivity contribution in [3.8, 4) is 0 Å². The molecule has 1 aromatic heterocycles. The van der Waals surface area contributed by atoms with Crippen LogP contribution in [0.4, 0.5) is 0 Å². The molecule has 0 unspecified atom stereocenters. The highest BCUT2D eigenvalue weighted by molar-refractivity contribution is 9.13. The maximum atomic E-state index is 9.09. The van der Waals surface area contributed by atoms with Gasteiger partial charge in [-0.25, -0.2) is 0 Å². The Balaban J connectivity index is 2.38. The molecule has 1 aromatic rings. The third kappa shape index (κ3) is 4.53. The van der Waals surface area contributed by atoms with Gasteiger partial charge in [0.05, 0.1) is 3.79 Å². The number of rotatable bonds is 5. The van der Waals surface area contributed by atoms with E-state index in [0.717, 1.165) is 21.3 Å². The molecule has 0 bridgehead atoms. The molecule has 0 aliphatic carbocycles. The van der Waals surface area contributed by atoms with Crippen molar-refractivity contribution in [2.75, 3.05) is 13.2 Å². The number of aliphatic hydroxyl groups is 1. The van der Waals surface area contributed by atoms with Gasteiger partial charge in [0.15, 0.2) is 0 Å². The lowest BCUT2D eigenvalue weighted by atomic mass is 9.95. The summed E-state index contributed by atoms with van der Waals surface area (Å²) in [5.74, 6) is 0. The predicted octanol–water partition coefficient (Wildman–Crippen LogP) is 3.38. The summed E-state index contributed by atoms with van der Waals surface area (Å²) in [5.41, 5.74) is -0.0499. The molecular formula is C10H15Br2NOS. The largest absolute Gasteiger partial charge is 0.396 e. The van der Waals surface area contributed by atoms with Gasteiger partial charge in [0.2, 0.25) is 0 Å². The van der Waals surface area contributed by atoms with Crippen LogP contribution in [0, 0.1) is 5.41 Å². The monoisotopic (exact) mass is 355 g/mol. The van der Waals surface area contributed by atoms with Crippen LogP contribution in [-0.2, 0) is 6.54 Å². The van der Waals surface area contributed by atoms with Crippen LogP contribution in [0.2, 0.25) is 0 Å². The second-order valence-electron chi connectivity index (χ2n) is 4.26. The van der Waals surface area contributed by atoms with Crippen molar-refractivity contribution in [3.63, 3.8) is 0 Å². The van der Waals surface area contributed by atoms with Gasteiger partial charge in [-0.05, 0) is 37.9 Å². The lowest BCUT2D eigenvalue weighted by Gasteiger charge is -2.21. The van der Waals surface area contributed by atoms with Crippen LogP contribution in [0.3, 0.4) is 0 Å². The highest BCUT2D eigenvalue weighted by Crippen LogP contribution is 2.32. The average Bonchev–Trinajstić information content (AvgIpc) is 2.46. The molecule has 0 saturated heterocycles. The summed E-state index contributed by atoms with van der Waals surface area (Å²) in [5, 5.41) is 12.4. The van der Waals surface area contributed by atoms with Gasteiger partial charge in [-0.2, -0.15) is 0 Å². The number of halogens is 2.